The van der Waals surface area contributed by atoms with Crippen LogP contribution in [0.3, 0.4) is 0 Å². The standard InChI is InChI=1S/C22H21NO2S/c1-16-8-11-19(12-9-16)26(24,25)23-15-21(18-6-4-3-5-7-18)20-14-17(2)10-13-22(20)23/h3-14,21H,15H2,1-2H3/t21-/m0/s1. The fourth-order valence-electron chi connectivity index (χ4n) is 3.58. The Hall–Kier alpha value is -2.59. The molecule has 0 aromatic heterocycles. The fourth-order valence-corrected chi connectivity index (χ4v) is 5.08. The molecular weight excluding hydrogens is 342 g/mol. The number of hydrogen-bond donors (Lipinski definition) is 0. The fraction of sp³-hybridized carbons (Fsp3) is 0.182. The van der Waals surface area contributed by atoms with Crippen molar-refractivity contribution < 1.29 is 8.42 Å². The Morgan fingerprint density at radius 1 is 0.846 bits per heavy atom. The zero-order chi connectivity index (χ0) is 18.3. The topological polar surface area (TPSA) is 37.4 Å². The molecule has 1 aliphatic heterocycles. The quantitative estimate of drug-likeness (QED) is 0.679. The molecular formula is C22H21NO2S. The minimum atomic E-state index is -3.59. The van der Waals surface area contributed by atoms with Gasteiger partial charge in [0.05, 0.1) is 10.6 Å². The summed E-state index contributed by atoms with van der Waals surface area (Å²) in [5.74, 6) is 0.0475. The molecule has 26 heavy (non-hydrogen) atoms. The van der Waals surface area contributed by atoms with Gasteiger partial charge in [-0.3, -0.25) is 4.31 Å². The summed E-state index contributed by atoms with van der Waals surface area (Å²) in [6, 6.07) is 23.2. The Balaban J connectivity index is 1.83. The van der Waals surface area contributed by atoms with E-state index in [0.29, 0.717) is 11.4 Å². The molecule has 0 saturated heterocycles. The van der Waals surface area contributed by atoms with Crippen molar-refractivity contribution in [3.8, 4) is 0 Å². The molecule has 3 aromatic rings. The smallest absolute Gasteiger partial charge is 0.264 e. The van der Waals surface area contributed by atoms with Gasteiger partial charge in [0.2, 0.25) is 0 Å². The van der Waals surface area contributed by atoms with Gasteiger partial charge < -0.3 is 0 Å². The first-order valence-corrected chi connectivity index (χ1v) is 10.2. The molecule has 0 radical (unpaired) electrons. The van der Waals surface area contributed by atoms with Crippen LogP contribution in [0, 0.1) is 13.8 Å². The first-order valence-electron chi connectivity index (χ1n) is 8.72. The Morgan fingerprint density at radius 2 is 1.50 bits per heavy atom. The zero-order valence-electron chi connectivity index (χ0n) is 14.9. The van der Waals surface area contributed by atoms with E-state index < -0.39 is 10.0 Å². The van der Waals surface area contributed by atoms with Crippen LogP contribution in [0.5, 0.6) is 0 Å². The first kappa shape index (κ1) is 16.9. The van der Waals surface area contributed by atoms with Gasteiger partial charge in [-0.15, -0.1) is 0 Å². The molecule has 4 heteroatoms. The molecule has 0 saturated carbocycles. The maximum atomic E-state index is 13.3. The maximum absolute atomic E-state index is 13.3. The van der Waals surface area contributed by atoms with Crippen molar-refractivity contribution in [1.82, 2.24) is 0 Å². The van der Waals surface area contributed by atoms with Crippen molar-refractivity contribution in [2.24, 2.45) is 0 Å². The number of benzene rings is 3. The predicted octanol–water partition coefficient (Wildman–Crippen LogP) is 4.64. The normalized spacial score (nSPS) is 16.5. The minimum absolute atomic E-state index is 0.0475. The molecule has 0 N–H and O–H groups in total. The molecule has 0 aliphatic carbocycles. The lowest BCUT2D eigenvalue weighted by molar-refractivity contribution is 0.591. The van der Waals surface area contributed by atoms with E-state index in [1.165, 1.54) is 0 Å². The summed E-state index contributed by atoms with van der Waals surface area (Å²) in [4.78, 5) is 0.336. The summed E-state index contributed by atoms with van der Waals surface area (Å²) in [6.45, 7) is 4.42. The second kappa shape index (κ2) is 6.29. The van der Waals surface area contributed by atoms with Crippen molar-refractivity contribution in [3.05, 3.63) is 95.1 Å². The predicted molar refractivity (Wildman–Crippen MR) is 105 cm³/mol. The van der Waals surface area contributed by atoms with Crippen LogP contribution in [-0.2, 0) is 10.0 Å². The molecule has 132 valence electrons. The van der Waals surface area contributed by atoms with Crippen molar-refractivity contribution in [1.29, 1.82) is 0 Å². The molecule has 0 amide bonds. The summed E-state index contributed by atoms with van der Waals surface area (Å²) in [6.07, 6.45) is 0. The molecule has 1 atom stereocenters. The third kappa shape index (κ3) is 2.80. The van der Waals surface area contributed by atoms with Crippen LogP contribution >= 0.6 is 0 Å². The molecule has 0 bridgehead atoms. The van der Waals surface area contributed by atoms with Crippen molar-refractivity contribution in [2.45, 2.75) is 24.7 Å². The van der Waals surface area contributed by atoms with Crippen LogP contribution in [-0.4, -0.2) is 15.0 Å². The molecule has 3 nitrogen and oxygen atoms in total. The molecule has 1 heterocycles. The van der Waals surface area contributed by atoms with E-state index in [9.17, 15) is 8.42 Å². The number of hydrogen-bond acceptors (Lipinski definition) is 2. The van der Waals surface area contributed by atoms with Gasteiger partial charge in [-0.2, -0.15) is 0 Å². The van der Waals surface area contributed by atoms with E-state index in [1.807, 2.05) is 56.3 Å². The summed E-state index contributed by atoms with van der Waals surface area (Å²) in [7, 11) is -3.59. The second-order valence-electron chi connectivity index (χ2n) is 6.87. The Morgan fingerprint density at radius 3 is 2.19 bits per heavy atom. The van der Waals surface area contributed by atoms with Gasteiger partial charge in [0.1, 0.15) is 0 Å². The van der Waals surface area contributed by atoms with Gasteiger partial charge in [0.15, 0.2) is 0 Å². The summed E-state index contributed by atoms with van der Waals surface area (Å²) in [5.41, 5.74) is 5.18. The van der Waals surface area contributed by atoms with Crippen LogP contribution in [0.4, 0.5) is 5.69 Å². The average molecular weight is 363 g/mol. The van der Waals surface area contributed by atoms with E-state index >= 15 is 0 Å². The lowest BCUT2D eigenvalue weighted by atomic mass is 9.92. The van der Waals surface area contributed by atoms with Gasteiger partial charge >= 0.3 is 0 Å². The van der Waals surface area contributed by atoms with E-state index in [-0.39, 0.29) is 5.92 Å². The maximum Gasteiger partial charge on any atom is 0.264 e. The number of nitrogens with zero attached hydrogens (tertiary/aromatic N) is 1. The summed E-state index contributed by atoms with van der Waals surface area (Å²) >= 11 is 0. The minimum Gasteiger partial charge on any atom is -0.265 e. The van der Waals surface area contributed by atoms with Gasteiger partial charge in [-0.05, 0) is 43.2 Å². The molecule has 4 rings (SSSR count). The zero-order valence-corrected chi connectivity index (χ0v) is 15.7. The molecule has 0 spiro atoms. The van der Waals surface area contributed by atoms with Gasteiger partial charge in [0.25, 0.3) is 10.0 Å². The summed E-state index contributed by atoms with van der Waals surface area (Å²) < 4.78 is 28.2. The monoisotopic (exact) mass is 363 g/mol. The third-order valence-corrected chi connectivity index (χ3v) is 6.78. The molecule has 1 aliphatic rings. The highest BCUT2D eigenvalue weighted by Crippen LogP contribution is 2.43. The highest BCUT2D eigenvalue weighted by atomic mass is 32.2. The second-order valence-corrected chi connectivity index (χ2v) is 8.74. The van der Waals surface area contributed by atoms with E-state index in [2.05, 4.69) is 18.2 Å². The van der Waals surface area contributed by atoms with Crippen LogP contribution < -0.4 is 4.31 Å². The lowest BCUT2D eigenvalue weighted by Gasteiger charge is -2.20. The number of aryl methyl sites for hydroxylation is 2. The van der Waals surface area contributed by atoms with Gasteiger partial charge in [0, 0.05) is 12.5 Å². The summed E-state index contributed by atoms with van der Waals surface area (Å²) in [5, 5.41) is 0. The van der Waals surface area contributed by atoms with Crippen molar-refractivity contribution in [3.63, 3.8) is 0 Å². The van der Waals surface area contributed by atoms with Crippen LogP contribution in [0.2, 0.25) is 0 Å². The van der Waals surface area contributed by atoms with E-state index in [0.717, 1.165) is 27.9 Å². The lowest BCUT2D eigenvalue weighted by Crippen LogP contribution is -2.30. The molecule has 3 aromatic carbocycles. The number of fused-ring (bicyclic) bond motifs is 1. The third-order valence-electron chi connectivity index (χ3n) is 4.99. The van der Waals surface area contributed by atoms with Crippen LogP contribution in [0.15, 0.2) is 77.7 Å². The van der Waals surface area contributed by atoms with E-state index in [1.54, 1.807) is 16.4 Å². The number of rotatable bonds is 3. The highest BCUT2D eigenvalue weighted by molar-refractivity contribution is 7.92. The van der Waals surface area contributed by atoms with Crippen molar-refractivity contribution >= 4 is 15.7 Å². The molecule has 0 unspecified atom stereocenters. The molecule has 0 fully saturated rings. The Bertz CT molecular complexity index is 1040. The first-order chi connectivity index (χ1) is 12.5. The highest BCUT2D eigenvalue weighted by Gasteiger charge is 2.37. The Kier molecular flexibility index (Phi) is 4.08. The number of anilines is 1. The average Bonchev–Trinajstić information content (AvgIpc) is 3.02. The van der Waals surface area contributed by atoms with Crippen molar-refractivity contribution in [2.75, 3.05) is 10.8 Å². The van der Waals surface area contributed by atoms with Gasteiger partial charge in [-0.25, -0.2) is 8.42 Å². The van der Waals surface area contributed by atoms with E-state index in [4.69, 9.17) is 0 Å². The van der Waals surface area contributed by atoms with Crippen LogP contribution in [0.25, 0.3) is 0 Å². The number of sulfonamides is 1. The largest absolute Gasteiger partial charge is 0.265 e. The Labute approximate surface area is 155 Å². The van der Waals surface area contributed by atoms with Gasteiger partial charge in [-0.1, -0.05) is 65.7 Å². The van der Waals surface area contributed by atoms with Crippen LogP contribution in [0.1, 0.15) is 28.2 Å². The SMILES string of the molecule is Cc1ccc(S(=O)(=O)N2C[C@@H](c3ccccc3)c3cc(C)ccc32)cc1.